The fourth-order valence-electron chi connectivity index (χ4n) is 2.72. The Bertz CT molecular complexity index is 498. The Labute approximate surface area is 116 Å². The molecule has 1 atom stereocenters. The Balaban J connectivity index is 2.21. The van der Waals surface area contributed by atoms with Gasteiger partial charge in [0, 0.05) is 23.8 Å². The van der Waals surface area contributed by atoms with Crippen molar-refractivity contribution >= 4 is 5.70 Å². The molecule has 1 aromatic rings. The van der Waals surface area contributed by atoms with E-state index in [1.165, 1.54) is 16.7 Å². The smallest absolute Gasteiger partial charge is 0.0477 e. The Morgan fingerprint density at radius 3 is 2.79 bits per heavy atom. The van der Waals surface area contributed by atoms with Crippen LogP contribution in [0.15, 0.2) is 50.1 Å². The quantitative estimate of drug-likeness (QED) is 0.672. The van der Waals surface area contributed by atoms with Crippen molar-refractivity contribution in [3.05, 3.63) is 66.8 Å². The van der Waals surface area contributed by atoms with Gasteiger partial charge in [0.05, 0.1) is 0 Å². The topological polar surface area (TPSA) is 3.24 Å². The maximum atomic E-state index is 4.26. The second-order valence-electron chi connectivity index (χ2n) is 5.09. The summed E-state index contributed by atoms with van der Waals surface area (Å²) in [7, 11) is 0. The fraction of sp³-hybridized carbons (Fsp3) is 0.333. The molecule has 0 amide bonds. The highest BCUT2D eigenvalue weighted by molar-refractivity contribution is 5.69. The van der Waals surface area contributed by atoms with Gasteiger partial charge in [-0.05, 0) is 30.4 Å². The summed E-state index contributed by atoms with van der Waals surface area (Å²) in [5.74, 6) is 0. The van der Waals surface area contributed by atoms with Crippen molar-refractivity contribution < 1.29 is 0 Å². The van der Waals surface area contributed by atoms with Crippen molar-refractivity contribution in [2.75, 3.05) is 0 Å². The maximum absolute atomic E-state index is 4.26. The second kappa shape index (κ2) is 5.92. The number of benzene rings is 1. The molecule has 2 rings (SSSR count). The summed E-state index contributed by atoms with van der Waals surface area (Å²) >= 11 is 0. The zero-order valence-electron chi connectivity index (χ0n) is 11.9. The van der Waals surface area contributed by atoms with E-state index >= 15 is 0 Å². The number of allylic oxidation sites excluding steroid dienone is 1. The molecule has 1 aliphatic rings. The van der Waals surface area contributed by atoms with Crippen molar-refractivity contribution in [1.29, 1.82) is 0 Å². The van der Waals surface area contributed by atoms with Crippen LogP contribution in [-0.4, -0.2) is 10.9 Å². The van der Waals surface area contributed by atoms with E-state index in [4.69, 9.17) is 0 Å². The van der Waals surface area contributed by atoms with E-state index in [1.54, 1.807) is 0 Å². The third-order valence-corrected chi connectivity index (χ3v) is 3.92. The molecule has 0 bridgehead atoms. The SMILES string of the molecule is C=CCCC(C=C)N1Cc2cc(CC)ccc2C1=C. The first-order chi connectivity index (χ1) is 9.21. The van der Waals surface area contributed by atoms with E-state index in [0.717, 1.165) is 31.5 Å². The molecule has 0 aliphatic carbocycles. The number of fused-ring (bicyclic) bond motifs is 1. The number of aryl methyl sites for hydroxylation is 1. The van der Waals surface area contributed by atoms with Gasteiger partial charge in [0.1, 0.15) is 0 Å². The predicted octanol–water partition coefficient (Wildman–Crippen LogP) is 4.56. The van der Waals surface area contributed by atoms with E-state index in [2.05, 4.69) is 49.8 Å². The van der Waals surface area contributed by atoms with Gasteiger partial charge in [0.25, 0.3) is 0 Å². The average Bonchev–Trinajstić information content (AvgIpc) is 2.76. The lowest BCUT2D eigenvalue weighted by Gasteiger charge is -2.27. The molecule has 100 valence electrons. The molecular formula is C18H23N. The Hall–Kier alpha value is -1.76. The summed E-state index contributed by atoms with van der Waals surface area (Å²) in [6.07, 6.45) is 7.15. The van der Waals surface area contributed by atoms with Gasteiger partial charge in [-0.3, -0.25) is 0 Å². The molecular weight excluding hydrogens is 230 g/mol. The van der Waals surface area contributed by atoms with Crippen LogP contribution < -0.4 is 0 Å². The minimum Gasteiger partial charge on any atom is -0.361 e. The Morgan fingerprint density at radius 1 is 1.37 bits per heavy atom. The van der Waals surface area contributed by atoms with Crippen LogP contribution in [0, 0.1) is 0 Å². The van der Waals surface area contributed by atoms with Gasteiger partial charge < -0.3 is 4.90 Å². The van der Waals surface area contributed by atoms with Gasteiger partial charge in [-0.1, -0.05) is 43.9 Å². The van der Waals surface area contributed by atoms with E-state index in [1.807, 2.05) is 12.2 Å². The third kappa shape index (κ3) is 2.65. The summed E-state index contributed by atoms with van der Waals surface area (Å²) in [6.45, 7) is 15.2. The second-order valence-corrected chi connectivity index (χ2v) is 5.09. The van der Waals surface area contributed by atoms with E-state index in [9.17, 15) is 0 Å². The van der Waals surface area contributed by atoms with Crippen LogP contribution in [0.4, 0.5) is 0 Å². The molecule has 19 heavy (non-hydrogen) atoms. The van der Waals surface area contributed by atoms with Crippen LogP contribution in [-0.2, 0) is 13.0 Å². The molecule has 1 heteroatoms. The highest BCUT2D eigenvalue weighted by Gasteiger charge is 2.26. The number of rotatable bonds is 6. The lowest BCUT2D eigenvalue weighted by molar-refractivity contribution is 0.334. The van der Waals surface area contributed by atoms with Gasteiger partial charge in [0.2, 0.25) is 0 Å². The zero-order valence-corrected chi connectivity index (χ0v) is 11.9. The summed E-state index contributed by atoms with van der Waals surface area (Å²) in [5, 5.41) is 0. The number of hydrogen-bond acceptors (Lipinski definition) is 1. The zero-order chi connectivity index (χ0) is 13.8. The summed E-state index contributed by atoms with van der Waals surface area (Å²) in [6, 6.07) is 7.08. The summed E-state index contributed by atoms with van der Waals surface area (Å²) in [5.41, 5.74) is 5.22. The lowest BCUT2D eigenvalue weighted by atomic mass is 10.0. The molecule has 0 spiro atoms. The first-order valence-electron chi connectivity index (χ1n) is 7.02. The molecule has 1 aliphatic heterocycles. The highest BCUT2D eigenvalue weighted by Crippen LogP contribution is 2.35. The minimum atomic E-state index is 0.350. The summed E-state index contributed by atoms with van der Waals surface area (Å²) in [4.78, 5) is 2.36. The number of hydrogen-bond donors (Lipinski definition) is 0. The first kappa shape index (κ1) is 13.7. The number of nitrogens with zero attached hydrogens (tertiary/aromatic N) is 1. The van der Waals surface area contributed by atoms with E-state index < -0.39 is 0 Å². The van der Waals surface area contributed by atoms with Crippen molar-refractivity contribution in [1.82, 2.24) is 4.90 Å². The molecule has 0 N–H and O–H groups in total. The van der Waals surface area contributed by atoms with Gasteiger partial charge in [-0.25, -0.2) is 0 Å². The van der Waals surface area contributed by atoms with Crippen LogP contribution >= 0.6 is 0 Å². The molecule has 0 aromatic heterocycles. The van der Waals surface area contributed by atoms with E-state index in [0.29, 0.717) is 6.04 Å². The Kier molecular flexibility index (Phi) is 4.26. The van der Waals surface area contributed by atoms with Gasteiger partial charge in [-0.2, -0.15) is 0 Å². The van der Waals surface area contributed by atoms with Crippen LogP contribution in [0.3, 0.4) is 0 Å². The molecule has 0 radical (unpaired) electrons. The molecule has 0 fully saturated rings. The van der Waals surface area contributed by atoms with Gasteiger partial charge >= 0.3 is 0 Å². The van der Waals surface area contributed by atoms with Crippen molar-refractivity contribution in [3.63, 3.8) is 0 Å². The monoisotopic (exact) mass is 253 g/mol. The largest absolute Gasteiger partial charge is 0.361 e. The molecule has 1 nitrogen and oxygen atoms in total. The minimum absolute atomic E-state index is 0.350. The maximum Gasteiger partial charge on any atom is 0.0477 e. The highest BCUT2D eigenvalue weighted by atomic mass is 15.2. The normalized spacial score (nSPS) is 15.2. The standard InChI is InChI=1S/C18H23N/c1-5-8-9-17(7-3)19-13-16-12-15(6-2)10-11-18(16)14(19)4/h5,7,10-12,17H,1,3-4,6,8-9,13H2,2H3. The van der Waals surface area contributed by atoms with Gasteiger partial charge in [-0.15, -0.1) is 13.2 Å². The van der Waals surface area contributed by atoms with E-state index in [-0.39, 0.29) is 0 Å². The summed E-state index contributed by atoms with van der Waals surface area (Å²) < 4.78 is 0. The van der Waals surface area contributed by atoms with Gasteiger partial charge in [0.15, 0.2) is 0 Å². The molecule has 1 unspecified atom stereocenters. The molecule has 1 heterocycles. The molecule has 0 saturated carbocycles. The molecule has 1 aromatic carbocycles. The van der Waals surface area contributed by atoms with Crippen molar-refractivity contribution in [2.24, 2.45) is 0 Å². The average molecular weight is 253 g/mol. The fourth-order valence-corrected chi connectivity index (χ4v) is 2.72. The molecule has 0 saturated heterocycles. The van der Waals surface area contributed by atoms with Crippen molar-refractivity contribution in [3.8, 4) is 0 Å². The first-order valence-corrected chi connectivity index (χ1v) is 7.02. The Morgan fingerprint density at radius 2 is 2.16 bits per heavy atom. The van der Waals surface area contributed by atoms with Crippen LogP contribution in [0.1, 0.15) is 36.5 Å². The predicted molar refractivity (Wildman–Crippen MR) is 83.8 cm³/mol. The van der Waals surface area contributed by atoms with Crippen LogP contribution in [0.2, 0.25) is 0 Å². The van der Waals surface area contributed by atoms with Crippen LogP contribution in [0.25, 0.3) is 5.70 Å². The van der Waals surface area contributed by atoms with Crippen LogP contribution in [0.5, 0.6) is 0 Å². The van der Waals surface area contributed by atoms with Crippen molar-refractivity contribution in [2.45, 2.75) is 38.8 Å². The lowest BCUT2D eigenvalue weighted by Crippen LogP contribution is -2.27. The third-order valence-electron chi connectivity index (χ3n) is 3.92.